The van der Waals surface area contributed by atoms with Crippen molar-refractivity contribution in [3.05, 3.63) is 42.2 Å². The molecule has 1 aliphatic heterocycles. The Labute approximate surface area is 129 Å². The van der Waals surface area contributed by atoms with Gasteiger partial charge in [-0.05, 0) is 12.1 Å². The summed E-state index contributed by atoms with van der Waals surface area (Å²) in [6, 6.07) is 4.17. The minimum atomic E-state index is -0.610. The Balaban J connectivity index is 1.93. The molecule has 8 nitrogen and oxygen atoms in total. The van der Waals surface area contributed by atoms with Crippen LogP contribution in [0.25, 0.3) is 11.4 Å². The van der Waals surface area contributed by atoms with E-state index in [0.717, 1.165) is 17.4 Å². The predicted octanol–water partition coefficient (Wildman–Crippen LogP) is 0.533. The Morgan fingerprint density at radius 3 is 2.87 bits per heavy atom. The van der Waals surface area contributed by atoms with E-state index in [9.17, 15) is 14.0 Å². The van der Waals surface area contributed by atoms with Gasteiger partial charge in [0.1, 0.15) is 11.5 Å². The first-order valence-electron chi connectivity index (χ1n) is 6.62. The van der Waals surface area contributed by atoms with E-state index in [0.29, 0.717) is 0 Å². The zero-order chi connectivity index (χ0) is 16.4. The monoisotopic (exact) mass is 318 g/mol. The minimum absolute atomic E-state index is 0.00943. The Bertz CT molecular complexity index is 788. The van der Waals surface area contributed by atoms with Gasteiger partial charge in [0, 0.05) is 6.08 Å². The summed E-state index contributed by atoms with van der Waals surface area (Å²) in [5.74, 6) is -1.76. The molecule has 0 radical (unpaired) electrons. The molecule has 2 heterocycles. The second kappa shape index (κ2) is 5.97. The van der Waals surface area contributed by atoms with Crippen molar-refractivity contribution in [2.75, 3.05) is 18.5 Å². The molecule has 1 aromatic carbocycles. The van der Waals surface area contributed by atoms with Gasteiger partial charge in [-0.2, -0.15) is 4.98 Å². The number of aliphatic hydroxyl groups excluding tert-OH is 1. The maximum Gasteiger partial charge on any atom is 0.277 e. The predicted molar refractivity (Wildman–Crippen MR) is 75.2 cm³/mol. The second-order valence-corrected chi connectivity index (χ2v) is 4.62. The van der Waals surface area contributed by atoms with Crippen molar-refractivity contribution in [2.24, 2.45) is 0 Å². The van der Waals surface area contributed by atoms with E-state index in [2.05, 4.69) is 20.0 Å². The summed E-state index contributed by atoms with van der Waals surface area (Å²) in [5, 5.41) is 15.2. The first kappa shape index (κ1) is 14.9. The van der Waals surface area contributed by atoms with Crippen molar-refractivity contribution in [1.29, 1.82) is 0 Å². The molecule has 1 aromatic heterocycles. The third-order valence-electron chi connectivity index (χ3n) is 3.20. The van der Waals surface area contributed by atoms with Crippen LogP contribution in [0.1, 0.15) is 0 Å². The second-order valence-electron chi connectivity index (χ2n) is 4.62. The van der Waals surface area contributed by atoms with Crippen LogP contribution in [0.5, 0.6) is 0 Å². The number of hydrogen-bond donors (Lipinski definition) is 2. The number of imide groups is 1. The zero-order valence-electron chi connectivity index (χ0n) is 11.7. The maximum absolute atomic E-state index is 14.1. The number of aromatic nitrogens is 2. The van der Waals surface area contributed by atoms with Crippen LogP contribution in [-0.4, -0.2) is 45.1 Å². The average Bonchev–Trinajstić information content (AvgIpc) is 3.12. The number of nitrogens with one attached hydrogen (secondary N) is 1. The highest BCUT2D eigenvalue weighted by Gasteiger charge is 2.31. The van der Waals surface area contributed by atoms with Gasteiger partial charge in [0.05, 0.1) is 24.4 Å². The van der Waals surface area contributed by atoms with Crippen molar-refractivity contribution in [2.45, 2.75) is 0 Å². The number of amides is 2. The number of carbonyl (C=O) groups excluding carboxylic acids is 2. The lowest BCUT2D eigenvalue weighted by molar-refractivity contribution is -0.137. The average molecular weight is 318 g/mol. The summed E-state index contributed by atoms with van der Waals surface area (Å²) in [6.07, 6.45) is 2.14. The normalized spacial score (nSPS) is 14.3. The number of rotatable bonds is 5. The molecule has 2 N–H and O–H groups in total. The number of β-amino-alcohol motifs (C(OH)–C–C–N with tert-alkyl or cyclic N) is 1. The molecule has 0 fully saturated rings. The van der Waals surface area contributed by atoms with E-state index in [1.165, 1.54) is 18.2 Å². The lowest BCUT2D eigenvalue weighted by Crippen LogP contribution is -2.34. The Hall–Kier alpha value is -3.07. The van der Waals surface area contributed by atoms with Gasteiger partial charge in [0.15, 0.2) is 0 Å². The highest BCUT2D eigenvalue weighted by atomic mass is 19.1. The van der Waals surface area contributed by atoms with Gasteiger partial charge in [-0.25, -0.2) is 4.39 Å². The van der Waals surface area contributed by atoms with Gasteiger partial charge in [-0.3, -0.25) is 14.5 Å². The van der Waals surface area contributed by atoms with Crippen LogP contribution in [0, 0.1) is 5.82 Å². The molecule has 2 aromatic rings. The van der Waals surface area contributed by atoms with Gasteiger partial charge >= 0.3 is 0 Å². The highest BCUT2D eigenvalue weighted by Crippen LogP contribution is 2.30. The van der Waals surface area contributed by atoms with E-state index in [4.69, 9.17) is 5.11 Å². The summed E-state index contributed by atoms with van der Waals surface area (Å²) >= 11 is 0. The third kappa shape index (κ3) is 2.69. The summed E-state index contributed by atoms with van der Waals surface area (Å²) in [7, 11) is 0. The SMILES string of the molecule is O=C1C=C(Nc2cccc(F)c2-c2ncon2)C(=O)N1CCO. The fraction of sp³-hybridized carbons (Fsp3) is 0.143. The maximum atomic E-state index is 14.1. The molecule has 1 aliphatic rings. The molecule has 0 bridgehead atoms. The van der Waals surface area contributed by atoms with Crippen LogP contribution in [0.2, 0.25) is 0 Å². The first-order chi connectivity index (χ1) is 11.1. The Kier molecular flexibility index (Phi) is 3.85. The van der Waals surface area contributed by atoms with Crippen LogP contribution in [0.4, 0.5) is 10.1 Å². The van der Waals surface area contributed by atoms with Gasteiger partial charge in [-0.1, -0.05) is 11.2 Å². The molecule has 118 valence electrons. The molecule has 23 heavy (non-hydrogen) atoms. The van der Waals surface area contributed by atoms with Crippen LogP contribution in [-0.2, 0) is 9.59 Å². The van der Waals surface area contributed by atoms with E-state index < -0.39 is 17.6 Å². The van der Waals surface area contributed by atoms with Gasteiger partial charge in [0.25, 0.3) is 11.8 Å². The molecular weight excluding hydrogens is 307 g/mol. The summed E-state index contributed by atoms with van der Waals surface area (Å²) in [5.41, 5.74) is 0.200. The molecule has 9 heteroatoms. The largest absolute Gasteiger partial charge is 0.395 e. The smallest absolute Gasteiger partial charge is 0.277 e. The summed E-state index contributed by atoms with van der Waals surface area (Å²) < 4.78 is 18.7. The van der Waals surface area contributed by atoms with Gasteiger partial charge in [-0.15, -0.1) is 0 Å². The quantitative estimate of drug-likeness (QED) is 0.774. The lowest BCUT2D eigenvalue weighted by atomic mass is 10.1. The molecule has 3 rings (SSSR count). The number of benzene rings is 1. The van der Waals surface area contributed by atoms with Crippen LogP contribution >= 0.6 is 0 Å². The van der Waals surface area contributed by atoms with E-state index in [1.807, 2.05) is 0 Å². The Morgan fingerprint density at radius 1 is 1.35 bits per heavy atom. The van der Waals surface area contributed by atoms with E-state index in [-0.39, 0.29) is 35.9 Å². The van der Waals surface area contributed by atoms with Gasteiger partial charge in [0.2, 0.25) is 12.2 Å². The molecule has 2 amide bonds. The number of nitrogens with zero attached hydrogens (tertiary/aromatic N) is 3. The topological polar surface area (TPSA) is 109 Å². The lowest BCUT2D eigenvalue weighted by Gasteiger charge is -2.14. The van der Waals surface area contributed by atoms with E-state index >= 15 is 0 Å². The highest BCUT2D eigenvalue weighted by molar-refractivity contribution is 6.17. The van der Waals surface area contributed by atoms with Crippen LogP contribution in [0.3, 0.4) is 0 Å². The summed E-state index contributed by atoms with van der Waals surface area (Å²) in [6.45, 7) is -0.452. The molecule has 0 saturated heterocycles. The molecule has 0 atom stereocenters. The zero-order valence-corrected chi connectivity index (χ0v) is 11.7. The number of aliphatic hydroxyl groups is 1. The van der Waals surface area contributed by atoms with Crippen molar-refractivity contribution < 1.29 is 23.6 Å². The van der Waals surface area contributed by atoms with Crippen molar-refractivity contribution in [3.63, 3.8) is 0 Å². The summed E-state index contributed by atoms with van der Waals surface area (Å²) in [4.78, 5) is 28.5. The fourth-order valence-electron chi connectivity index (χ4n) is 2.19. The minimum Gasteiger partial charge on any atom is -0.395 e. The third-order valence-corrected chi connectivity index (χ3v) is 3.20. The molecule has 0 aliphatic carbocycles. The Morgan fingerprint density at radius 2 is 2.17 bits per heavy atom. The number of hydrogen-bond acceptors (Lipinski definition) is 7. The molecule has 0 unspecified atom stereocenters. The molecular formula is C14H11FN4O4. The first-order valence-corrected chi connectivity index (χ1v) is 6.62. The van der Waals surface area contributed by atoms with Crippen molar-refractivity contribution >= 4 is 17.5 Å². The number of halogens is 1. The fourth-order valence-corrected chi connectivity index (χ4v) is 2.19. The number of carbonyl (C=O) groups is 2. The van der Waals surface area contributed by atoms with Crippen LogP contribution < -0.4 is 5.32 Å². The standard InChI is InChI=1S/C14H11FN4O4/c15-8-2-1-3-9(12(8)13-16-7-23-18-13)17-10-6-11(21)19(4-5-20)14(10)22/h1-3,6-7,17,20H,4-5H2. The number of anilines is 1. The van der Waals surface area contributed by atoms with Crippen molar-refractivity contribution in [3.8, 4) is 11.4 Å². The van der Waals surface area contributed by atoms with Crippen molar-refractivity contribution in [1.82, 2.24) is 15.0 Å². The van der Waals surface area contributed by atoms with Gasteiger partial charge < -0.3 is 14.9 Å². The van der Waals surface area contributed by atoms with E-state index in [1.54, 1.807) is 0 Å². The van der Waals surface area contributed by atoms with Crippen LogP contribution in [0.15, 0.2) is 40.9 Å². The molecule has 0 spiro atoms. The molecule has 0 saturated carbocycles.